The van der Waals surface area contributed by atoms with E-state index in [9.17, 15) is 4.79 Å². The Balaban J connectivity index is 1.46. The Hall–Kier alpha value is -1.61. The van der Waals surface area contributed by atoms with Gasteiger partial charge in [0, 0.05) is 36.5 Å². The number of ether oxygens (including phenoxy) is 2. The quantitative estimate of drug-likeness (QED) is 0.533. The number of thiazole rings is 1. The van der Waals surface area contributed by atoms with Crippen LogP contribution in [0, 0.1) is 0 Å². The highest BCUT2D eigenvalue weighted by Crippen LogP contribution is 2.26. The van der Waals surface area contributed by atoms with Gasteiger partial charge in [-0.2, -0.15) is 0 Å². The smallest absolute Gasteiger partial charge is 0.311 e. The molecule has 1 aliphatic heterocycles. The SMILES string of the molecule is CCOC(=O)Cc1csc(SC[C@H]2C[NH2+][C@@H](c3ccc(N(C)C)cc3)O2)n1. The number of nitrogens with two attached hydrogens (primary N) is 1. The molecule has 1 saturated heterocycles. The van der Waals surface area contributed by atoms with E-state index in [1.165, 1.54) is 11.3 Å². The van der Waals surface area contributed by atoms with Crippen molar-refractivity contribution in [3.63, 3.8) is 0 Å². The highest BCUT2D eigenvalue weighted by Gasteiger charge is 2.30. The lowest BCUT2D eigenvalue weighted by atomic mass is 10.2. The van der Waals surface area contributed by atoms with Crippen LogP contribution in [0.2, 0.25) is 0 Å². The number of esters is 1. The summed E-state index contributed by atoms with van der Waals surface area (Å²) in [5, 5.41) is 4.17. The minimum Gasteiger partial charge on any atom is -0.466 e. The molecule has 2 heterocycles. The first kappa shape index (κ1) is 20.1. The number of thioether (sulfide) groups is 1. The number of carbonyl (C=O) groups is 1. The number of hydrogen-bond acceptors (Lipinski definition) is 7. The van der Waals surface area contributed by atoms with Gasteiger partial charge in [-0.1, -0.05) is 11.8 Å². The van der Waals surface area contributed by atoms with Crippen LogP contribution in [0.4, 0.5) is 5.69 Å². The maximum Gasteiger partial charge on any atom is 0.311 e. The maximum atomic E-state index is 11.5. The number of hydrogen-bond donors (Lipinski definition) is 1. The van der Waals surface area contributed by atoms with E-state index < -0.39 is 0 Å². The molecule has 0 spiro atoms. The highest BCUT2D eigenvalue weighted by atomic mass is 32.2. The number of anilines is 1. The molecule has 1 fully saturated rings. The molecule has 0 aliphatic carbocycles. The first-order valence-corrected chi connectivity index (χ1v) is 10.9. The van der Waals surface area contributed by atoms with Gasteiger partial charge in [-0.15, -0.1) is 11.3 Å². The van der Waals surface area contributed by atoms with Crippen molar-refractivity contribution >= 4 is 34.8 Å². The van der Waals surface area contributed by atoms with E-state index in [4.69, 9.17) is 9.47 Å². The van der Waals surface area contributed by atoms with Crippen LogP contribution in [0.25, 0.3) is 0 Å². The summed E-state index contributed by atoms with van der Waals surface area (Å²) in [5.41, 5.74) is 3.16. The van der Waals surface area contributed by atoms with Crippen molar-refractivity contribution in [2.24, 2.45) is 0 Å². The molecule has 1 aromatic carbocycles. The Morgan fingerprint density at radius 3 is 2.89 bits per heavy atom. The van der Waals surface area contributed by atoms with Crippen molar-refractivity contribution in [1.82, 2.24) is 4.98 Å². The minimum atomic E-state index is -0.226. The van der Waals surface area contributed by atoms with Gasteiger partial charge in [-0.25, -0.2) is 4.98 Å². The Morgan fingerprint density at radius 1 is 1.41 bits per heavy atom. The van der Waals surface area contributed by atoms with Crippen molar-refractivity contribution < 1.29 is 19.6 Å². The van der Waals surface area contributed by atoms with Crippen LogP contribution in [0.3, 0.4) is 0 Å². The summed E-state index contributed by atoms with van der Waals surface area (Å²) in [7, 11) is 4.08. The van der Waals surface area contributed by atoms with E-state index in [1.54, 1.807) is 23.1 Å². The molecule has 0 bridgehead atoms. The van der Waals surface area contributed by atoms with Gasteiger partial charge in [0.15, 0.2) is 0 Å². The second kappa shape index (κ2) is 9.54. The molecule has 0 unspecified atom stereocenters. The van der Waals surface area contributed by atoms with Crippen molar-refractivity contribution in [2.45, 2.75) is 30.0 Å². The third-order valence-electron chi connectivity index (χ3n) is 4.24. The molecule has 2 atom stereocenters. The van der Waals surface area contributed by atoms with E-state index >= 15 is 0 Å². The van der Waals surface area contributed by atoms with Crippen LogP contribution < -0.4 is 10.2 Å². The second-order valence-electron chi connectivity index (χ2n) is 6.53. The first-order chi connectivity index (χ1) is 13.0. The standard InChI is InChI=1S/C19H25N3O3S2/c1-4-24-17(23)9-14-11-26-19(21-14)27-12-16-10-20-18(25-16)13-5-7-15(8-6-13)22(2)3/h5-8,11,16,18,20H,4,9-10,12H2,1-3H3/p+1/t16-,18-/m1/s1. The summed E-state index contributed by atoms with van der Waals surface area (Å²) in [5.74, 6) is 0.631. The molecule has 0 radical (unpaired) electrons. The van der Waals surface area contributed by atoms with Gasteiger partial charge in [-0.3, -0.25) is 4.79 Å². The fourth-order valence-electron chi connectivity index (χ4n) is 2.84. The van der Waals surface area contributed by atoms with E-state index in [-0.39, 0.29) is 24.7 Å². The molecular weight excluding hydrogens is 382 g/mol. The molecule has 3 rings (SSSR count). The third kappa shape index (κ3) is 5.68. The van der Waals surface area contributed by atoms with Crippen molar-refractivity contribution in [3.8, 4) is 0 Å². The average molecular weight is 409 g/mol. The van der Waals surface area contributed by atoms with Crippen molar-refractivity contribution in [2.75, 3.05) is 37.9 Å². The molecule has 27 heavy (non-hydrogen) atoms. The number of quaternary nitrogens is 1. The fourth-order valence-corrected chi connectivity index (χ4v) is 4.73. The van der Waals surface area contributed by atoms with E-state index in [2.05, 4.69) is 39.5 Å². The zero-order chi connectivity index (χ0) is 19.2. The summed E-state index contributed by atoms with van der Waals surface area (Å²) in [6, 6.07) is 8.51. The zero-order valence-corrected chi connectivity index (χ0v) is 17.5. The highest BCUT2D eigenvalue weighted by molar-refractivity contribution is 8.01. The van der Waals surface area contributed by atoms with Crippen LogP contribution in [0.15, 0.2) is 34.0 Å². The lowest BCUT2D eigenvalue weighted by molar-refractivity contribution is -0.697. The van der Waals surface area contributed by atoms with Gasteiger partial charge in [0.25, 0.3) is 0 Å². The van der Waals surface area contributed by atoms with Crippen molar-refractivity contribution in [3.05, 3.63) is 40.9 Å². The van der Waals surface area contributed by atoms with Gasteiger partial charge >= 0.3 is 5.97 Å². The third-order valence-corrected chi connectivity index (χ3v) is 6.45. The number of benzene rings is 1. The largest absolute Gasteiger partial charge is 0.466 e. The van der Waals surface area contributed by atoms with E-state index in [0.717, 1.165) is 22.3 Å². The Morgan fingerprint density at radius 2 is 2.19 bits per heavy atom. The number of carbonyl (C=O) groups excluding carboxylic acids is 1. The van der Waals surface area contributed by atoms with Gasteiger partial charge in [0.1, 0.15) is 17.0 Å². The number of rotatable bonds is 8. The van der Waals surface area contributed by atoms with Crippen LogP contribution in [-0.4, -0.2) is 50.1 Å². The topological polar surface area (TPSA) is 68.3 Å². The lowest BCUT2D eigenvalue weighted by Gasteiger charge is -2.14. The summed E-state index contributed by atoms with van der Waals surface area (Å²) in [6.07, 6.45) is 0.484. The monoisotopic (exact) mass is 408 g/mol. The van der Waals surface area contributed by atoms with E-state index in [0.29, 0.717) is 6.61 Å². The van der Waals surface area contributed by atoms with Crippen molar-refractivity contribution in [1.29, 1.82) is 0 Å². The van der Waals surface area contributed by atoms with Crippen LogP contribution in [0.5, 0.6) is 0 Å². The first-order valence-electron chi connectivity index (χ1n) is 9.04. The molecule has 6 nitrogen and oxygen atoms in total. The van der Waals surface area contributed by atoms with Crippen LogP contribution >= 0.6 is 23.1 Å². The Bertz CT molecular complexity index is 749. The maximum absolute atomic E-state index is 11.5. The van der Waals surface area contributed by atoms with Gasteiger partial charge in [0.05, 0.1) is 18.7 Å². The van der Waals surface area contributed by atoms with Crippen LogP contribution in [0.1, 0.15) is 24.4 Å². The average Bonchev–Trinajstić information content (AvgIpc) is 3.29. The summed E-state index contributed by atoms with van der Waals surface area (Å²) in [6.45, 7) is 3.15. The van der Waals surface area contributed by atoms with Gasteiger partial charge < -0.3 is 19.7 Å². The molecule has 0 amide bonds. The second-order valence-corrected chi connectivity index (χ2v) is 8.66. The molecule has 8 heteroatoms. The summed E-state index contributed by atoms with van der Waals surface area (Å²) < 4.78 is 12.1. The number of aromatic nitrogens is 1. The molecule has 2 N–H and O–H groups in total. The number of nitrogens with zero attached hydrogens (tertiary/aromatic N) is 2. The van der Waals surface area contributed by atoms with Gasteiger partial charge in [0.2, 0.25) is 6.23 Å². The summed E-state index contributed by atoms with van der Waals surface area (Å²) in [4.78, 5) is 18.1. The predicted molar refractivity (Wildman–Crippen MR) is 108 cm³/mol. The predicted octanol–water partition coefficient (Wildman–Crippen LogP) is 2.07. The molecule has 146 valence electrons. The molecular formula is C19H26N3O3S2+. The zero-order valence-electron chi connectivity index (χ0n) is 15.9. The minimum absolute atomic E-state index is 0.0579. The normalized spacial score (nSPS) is 19.2. The Labute approximate surface area is 168 Å². The fraction of sp³-hybridized carbons (Fsp3) is 0.474. The Kier molecular flexibility index (Phi) is 7.12. The van der Waals surface area contributed by atoms with Gasteiger partial charge in [-0.05, 0) is 31.2 Å². The molecule has 0 saturated carbocycles. The molecule has 2 aromatic rings. The molecule has 1 aromatic heterocycles. The lowest BCUT2D eigenvalue weighted by Crippen LogP contribution is -2.82. The summed E-state index contributed by atoms with van der Waals surface area (Å²) >= 11 is 3.25. The molecule has 1 aliphatic rings. The van der Waals surface area contributed by atoms with E-state index in [1.807, 2.05) is 26.4 Å². The van der Waals surface area contributed by atoms with Crippen LogP contribution in [-0.2, 0) is 20.7 Å².